The summed E-state index contributed by atoms with van der Waals surface area (Å²) in [7, 11) is 0. The Bertz CT molecular complexity index is 750. The molecule has 6 heteroatoms. The van der Waals surface area contributed by atoms with E-state index in [9.17, 15) is 0 Å². The number of benzene rings is 2. The van der Waals surface area contributed by atoms with Gasteiger partial charge in [-0.05, 0) is 42.3 Å². The van der Waals surface area contributed by atoms with Crippen molar-refractivity contribution < 1.29 is 18.9 Å². The molecule has 2 aliphatic rings. The lowest BCUT2D eigenvalue weighted by molar-refractivity contribution is 0.173. The van der Waals surface area contributed by atoms with Crippen molar-refractivity contribution in [3.63, 3.8) is 0 Å². The summed E-state index contributed by atoms with van der Waals surface area (Å²) in [6.07, 6.45) is 0. The minimum atomic E-state index is 0.312. The lowest BCUT2D eigenvalue weighted by Crippen LogP contribution is -2.35. The van der Waals surface area contributed by atoms with Gasteiger partial charge in [0.05, 0.1) is 0 Å². The van der Waals surface area contributed by atoms with Gasteiger partial charge in [0.2, 0.25) is 13.6 Å². The average molecular weight is 342 g/mol. The Morgan fingerprint density at radius 3 is 2.00 bits per heavy atom. The maximum atomic E-state index is 5.41. The second-order valence-electron chi connectivity index (χ2n) is 6.29. The first-order valence-corrected chi connectivity index (χ1v) is 8.49. The summed E-state index contributed by atoms with van der Waals surface area (Å²) >= 11 is 0. The van der Waals surface area contributed by atoms with Crippen LogP contribution >= 0.6 is 0 Å². The van der Waals surface area contributed by atoms with Crippen molar-refractivity contribution in [1.82, 2.24) is 10.6 Å². The van der Waals surface area contributed by atoms with Crippen molar-refractivity contribution in [3.05, 3.63) is 47.5 Å². The SMILES string of the molecule is C[C@H](CNCc1ccc2c(c1)OCO2)NCc1ccc2c(c1)OCO2. The fourth-order valence-electron chi connectivity index (χ4n) is 2.90. The third-order valence-corrected chi connectivity index (χ3v) is 4.31. The molecule has 132 valence electrons. The molecule has 0 fully saturated rings. The Labute approximate surface area is 147 Å². The molecule has 4 rings (SSSR count). The average Bonchev–Trinajstić information content (AvgIpc) is 3.28. The monoisotopic (exact) mass is 342 g/mol. The first-order chi connectivity index (χ1) is 12.3. The molecule has 6 nitrogen and oxygen atoms in total. The summed E-state index contributed by atoms with van der Waals surface area (Å²) in [6.45, 7) is 5.26. The van der Waals surface area contributed by atoms with Crippen molar-refractivity contribution in [2.75, 3.05) is 20.1 Å². The van der Waals surface area contributed by atoms with E-state index in [2.05, 4.69) is 29.7 Å². The highest BCUT2D eigenvalue weighted by atomic mass is 16.7. The molecule has 2 N–H and O–H groups in total. The van der Waals surface area contributed by atoms with Crippen LogP contribution < -0.4 is 29.6 Å². The van der Waals surface area contributed by atoms with E-state index in [1.807, 2.05) is 24.3 Å². The summed E-state index contributed by atoms with van der Waals surface area (Å²) in [5, 5.41) is 6.98. The van der Waals surface area contributed by atoms with E-state index in [4.69, 9.17) is 18.9 Å². The molecular weight excluding hydrogens is 320 g/mol. The zero-order valence-electron chi connectivity index (χ0n) is 14.2. The van der Waals surface area contributed by atoms with E-state index < -0.39 is 0 Å². The van der Waals surface area contributed by atoms with Crippen LogP contribution in [0.3, 0.4) is 0 Å². The van der Waals surface area contributed by atoms with Crippen LogP contribution in [0.5, 0.6) is 23.0 Å². The summed E-state index contributed by atoms with van der Waals surface area (Å²) in [5.41, 5.74) is 2.37. The topological polar surface area (TPSA) is 61.0 Å². The molecule has 2 aromatic rings. The summed E-state index contributed by atoms with van der Waals surface area (Å²) < 4.78 is 21.5. The third kappa shape index (κ3) is 3.81. The minimum Gasteiger partial charge on any atom is -0.454 e. The van der Waals surface area contributed by atoms with Crippen LogP contribution in [0.2, 0.25) is 0 Å². The van der Waals surface area contributed by atoms with Crippen LogP contribution in [0, 0.1) is 0 Å². The molecule has 1 atom stereocenters. The van der Waals surface area contributed by atoms with Gasteiger partial charge in [-0.2, -0.15) is 0 Å². The second-order valence-corrected chi connectivity index (χ2v) is 6.29. The van der Waals surface area contributed by atoms with E-state index >= 15 is 0 Å². The van der Waals surface area contributed by atoms with Crippen LogP contribution in [-0.4, -0.2) is 26.2 Å². The van der Waals surface area contributed by atoms with Gasteiger partial charge < -0.3 is 29.6 Å². The Morgan fingerprint density at radius 2 is 1.36 bits per heavy atom. The molecule has 0 bridgehead atoms. The van der Waals surface area contributed by atoms with Crippen LogP contribution in [0.4, 0.5) is 0 Å². The smallest absolute Gasteiger partial charge is 0.231 e. The molecule has 0 unspecified atom stereocenters. The van der Waals surface area contributed by atoms with Gasteiger partial charge >= 0.3 is 0 Å². The third-order valence-electron chi connectivity index (χ3n) is 4.31. The minimum absolute atomic E-state index is 0.312. The van der Waals surface area contributed by atoms with Crippen molar-refractivity contribution in [3.8, 4) is 23.0 Å². The summed E-state index contributed by atoms with van der Waals surface area (Å²) in [4.78, 5) is 0. The van der Waals surface area contributed by atoms with Gasteiger partial charge in [0.25, 0.3) is 0 Å². The lowest BCUT2D eigenvalue weighted by Gasteiger charge is -2.15. The number of hydrogen-bond acceptors (Lipinski definition) is 6. The highest BCUT2D eigenvalue weighted by Gasteiger charge is 2.14. The van der Waals surface area contributed by atoms with E-state index in [1.165, 1.54) is 11.1 Å². The van der Waals surface area contributed by atoms with Crippen molar-refractivity contribution in [2.45, 2.75) is 26.1 Å². The first kappa shape index (κ1) is 16.1. The summed E-state index contributed by atoms with van der Waals surface area (Å²) in [5.74, 6) is 3.30. The molecule has 0 spiro atoms. The number of rotatable bonds is 7. The molecule has 0 saturated carbocycles. The van der Waals surface area contributed by atoms with Gasteiger partial charge in [0.15, 0.2) is 23.0 Å². The Balaban J connectivity index is 1.21. The van der Waals surface area contributed by atoms with Crippen LogP contribution in [0.25, 0.3) is 0 Å². The largest absolute Gasteiger partial charge is 0.454 e. The fourth-order valence-corrected chi connectivity index (χ4v) is 2.90. The molecule has 2 aromatic carbocycles. The molecule has 0 saturated heterocycles. The van der Waals surface area contributed by atoms with Crippen LogP contribution in [0.1, 0.15) is 18.1 Å². The summed E-state index contributed by atoms with van der Waals surface area (Å²) in [6, 6.07) is 12.4. The number of ether oxygens (including phenoxy) is 4. The maximum absolute atomic E-state index is 5.41. The van der Waals surface area contributed by atoms with Crippen LogP contribution in [-0.2, 0) is 13.1 Å². The normalized spacial score (nSPS) is 15.4. The Hall–Kier alpha value is -2.44. The van der Waals surface area contributed by atoms with Gasteiger partial charge in [-0.1, -0.05) is 12.1 Å². The lowest BCUT2D eigenvalue weighted by atomic mass is 10.2. The molecule has 2 heterocycles. The van der Waals surface area contributed by atoms with Gasteiger partial charge in [-0.25, -0.2) is 0 Å². The Kier molecular flexibility index (Phi) is 4.63. The number of nitrogens with one attached hydrogen (secondary N) is 2. The molecule has 0 aliphatic carbocycles. The van der Waals surface area contributed by atoms with Gasteiger partial charge in [-0.15, -0.1) is 0 Å². The predicted molar refractivity (Wildman–Crippen MR) is 93.1 cm³/mol. The van der Waals surface area contributed by atoms with E-state index in [1.54, 1.807) is 0 Å². The Morgan fingerprint density at radius 1 is 0.800 bits per heavy atom. The van der Waals surface area contributed by atoms with Crippen molar-refractivity contribution in [2.24, 2.45) is 0 Å². The molecule has 0 radical (unpaired) electrons. The quantitative estimate of drug-likeness (QED) is 0.806. The highest BCUT2D eigenvalue weighted by Crippen LogP contribution is 2.33. The standard InChI is InChI=1S/C19H22N2O4/c1-13(21-10-15-3-5-17-19(7-15)25-12-23-17)8-20-9-14-2-4-16-18(6-14)24-11-22-16/h2-7,13,20-21H,8-12H2,1H3/t13-/m1/s1. The zero-order chi connectivity index (χ0) is 17.1. The fraction of sp³-hybridized carbons (Fsp3) is 0.368. The van der Waals surface area contributed by atoms with E-state index in [0.717, 1.165) is 42.6 Å². The van der Waals surface area contributed by atoms with E-state index in [-0.39, 0.29) is 0 Å². The first-order valence-electron chi connectivity index (χ1n) is 8.49. The van der Waals surface area contributed by atoms with Crippen LogP contribution in [0.15, 0.2) is 36.4 Å². The van der Waals surface area contributed by atoms with Crippen molar-refractivity contribution >= 4 is 0 Å². The molecule has 0 amide bonds. The highest BCUT2D eigenvalue weighted by molar-refractivity contribution is 5.45. The number of fused-ring (bicyclic) bond motifs is 2. The second kappa shape index (κ2) is 7.21. The number of hydrogen-bond donors (Lipinski definition) is 2. The van der Waals surface area contributed by atoms with Gasteiger partial charge in [0, 0.05) is 25.7 Å². The molecule has 25 heavy (non-hydrogen) atoms. The van der Waals surface area contributed by atoms with Gasteiger partial charge in [0.1, 0.15) is 0 Å². The zero-order valence-corrected chi connectivity index (χ0v) is 14.2. The van der Waals surface area contributed by atoms with Crippen molar-refractivity contribution in [1.29, 1.82) is 0 Å². The molecular formula is C19H22N2O4. The predicted octanol–water partition coefficient (Wildman–Crippen LogP) is 2.41. The van der Waals surface area contributed by atoms with E-state index in [0.29, 0.717) is 19.6 Å². The van der Waals surface area contributed by atoms with Gasteiger partial charge in [-0.3, -0.25) is 0 Å². The molecule has 0 aromatic heterocycles. The molecule has 2 aliphatic heterocycles. The maximum Gasteiger partial charge on any atom is 0.231 e.